The van der Waals surface area contributed by atoms with Crippen molar-refractivity contribution in [3.63, 3.8) is 0 Å². The van der Waals surface area contributed by atoms with E-state index in [1.54, 1.807) is 0 Å². The maximum absolute atomic E-state index is 4.72. The van der Waals surface area contributed by atoms with E-state index in [2.05, 4.69) is 64.7 Å². The lowest BCUT2D eigenvalue weighted by atomic mass is 10.2. The van der Waals surface area contributed by atoms with Crippen molar-refractivity contribution < 1.29 is 0 Å². The number of rotatable bonds is 7. The van der Waals surface area contributed by atoms with Crippen molar-refractivity contribution >= 4 is 34.0 Å². The Kier molecular flexibility index (Phi) is 4.61. The Morgan fingerprint density at radius 1 is 0.962 bits per heavy atom. The Hall–Kier alpha value is -2.82. The lowest BCUT2D eigenvalue weighted by molar-refractivity contribution is 0.866. The third kappa shape index (κ3) is 3.57. The maximum Gasteiger partial charge on any atom is 0.229 e. The molecule has 0 bridgehead atoms. The predicted molar refractivity (Wildman–Crippen MR) is 109 cm³/mol. The smallest absolute Gasteiger partial charge is 0.229 e. The molecule has 26 heavy (non-hydrogen) atoms. The Morgan fingerprint density at radius 2 is 1.69 bits per heavy atom. The largest absolute Gasteiger partial charge is 0.372 e. The lowest BCUT2D eigenvalue weighted by Crippen LogP contribution is -2.21. The van der Waals surface area contributed by atoms with E-state index in [-0.39, 0.29) is 0 Å². The molecule has 2 aromatic carbocycles. The van der Waals surface area contributed by atoms with Crippen LogP contribution in [0.5, 0.6) is 0 Å². The summed E-state index contributed by atoms with van der Waals surface area (Å²) >= 11 is 0. The summed E-state index contributed by atoms with van der Waals surface area (Å²) in [4.78, 5) is 11.7. The normalized spacial score (nSPS) is 13.6. The van der Waals surface area contributed by atoms with Gasteiger partial charge in [0.1, 0.15) is 5.82 Å². The van der Waals surface area contributed by atoms with E-state index in [9.17, 15) is 0 Å². The molecule has 0 atom stereocenters. The third-order valence-electron chi connectivity index (χ3n) is 4.77. The van der Waals surface area contributed by atoms with Crippen LogP contribution in [0.15, 0.2) is 48.5 Å². The van der Waals surface area contributed by atoms with Crippen molar-refractivity contribution in [2.75, 3.05) is 28.6 Å². The van der Waals surface area contributed by atoms with Crippen molar-refractivity contribution in [2.45, 2.75) is 32.7 Å². The SMILES string of the molecule is CCN(CC)c1ccc(Nc2nc(NC3CC3)c3ccccc3n2)cc1. The number of nitrogens with one attached hydrogen (secondary N) is 2. The molecule has 4 rings (SSSR count). The molecule has 1 aliphatic rings. The van der Waals surface area contributed by atoms with Gasteiger partial charge in [-0.05, 0) is 63.1 Å². The zero-order valence-corrected chi connectivity index (χ0v) is 15.4. The van der Waals surface area contributed by atoms with Crippen molar-refractivity contribution in [3.8, 4) is 0 Å². The number of para-hydroxylation sites is 1. The van der Waals surface area contributed by atoms with Crippen LogP contribution in [0.4, 0.5) is 23.1 Å². The molecule has 1 fully saturated rings. The minimum Gasteiger partial charge on any atom is -0.372 e. The van der Waals surface area contributed by atoms with Gasteiger partial charge in [-0.15, -0.1) is 0 Å². The number of anilines is 4. The molecule has 1 saturated carbocycles. The van der Waals surface area contributed by atoms with E-state index in [1.165, 1.54) is 18.5 Å². The van der Waals surface area contributed by atoms with Crippen LogP contribution in [0.2, 0.25) is 0 Å². The van der Waals surface area contributed by atoms with E-state index >= 15 is 0 Å². The summed E-state index contributed by atoms with van der Waals surface area (Å²) in [6, 6.07) is 17.1. The highest BCUT2D eigenvalue weighted by atomic mass is 15.2. The summed E-state index contributed by atoms with van der Waals surface area (Å²) in [6.45, 7) is 6.36. The van der Waals surface area contributed by atoms with Gasteiger partial charge in [-0.2, -0.15) is 4.98 Å². The van der Waals surface area contributed by atoms with Gasteiger partial charge in [0.15, 0.2) is 0 Å². The maximum atomic E-state index is 4.72. The van der Waals surface area contributed by atoms with Gasteiger partial charge in [0.05, 0.1) is 5.52 Å². The van der Waals surface area contributed by atoms with Crippen molar-refractivity contribution in [1.82, 2.24) is 9.97 Å². The van der Waals surface area contributed by atoms with Crippen LogP contribution < -0.4 is 15.5 Å². The lowest BCUT2D eigenvalue weighted by Gasteiger charge is -2.21. The number of nitrogens with zero attached hydrogens (tertiary/aromatic N) is 3. The minimum atomic E-state index is 0.550. The Balaban J connectivity index is 1.60. The molecule has 5 heteroatoms. The van der Waals surface area contributed by atoms with E-state index in [4.69, 9.17) is 4.98 Å². The Bertz CT molecular complexity index is 883. The fourth-order valence-corrected chi connectivity index (χ4v) is 3.14. The van der Waals surface area contributed by atoms with Gasteiger partial charge in [-0.25, -0.2) is 4.98 Å². The molecule has 3 aromatic rings. The van der Waals surface area contributed by atoms with Crippen LogP contribution in [-0.2, 0) is 0 Å². The molecule has 134 valence electrons. The quantitative estimate of drug-likeness (QED) is 0.643. The zero-order chi connectivity index (χ0) is 17.9. The highest BCUT2D eigenvalue weighted by Crippen LogP contribution is 2.29. The molecule has 5 nitrogen and oxygen atoms in total. The van der Waals surface area contributed by atoms with Gasteiger partial charge in [0.25, 0.3) is 0 Å². The summed E-state index contributed by atoms with van der Waals surface area (Å²) in [5.41, 5.74) is 3.18. The highest BCUT2D eigenvalue weighted by Gasteiger charge is 2.22. The van der Waals surface area contributed by atoms with Gasteiger partial charge in [0.2, 0.25) is 5.95 Å². The molecule has 0 unspecified atom stereocenters. The first-order valence-corrected chi connectivity index (χ1v) is 9.42. The van der Waals surface area contributed by atoms with Gasteiger partial charge in [0, 0.05) is 35.9 Å². The molecular formula is C21H25N5. The predicted octanol–water partition coefficient (Wildman–Crippen LogP) is 4.79. The average Bonchev–Trinajstić information content (AvgIpc) is 3.48. The highest BCUT2D eigenvalue weighted by molar-refractivity contribution is 5.90. The van der Waals surface area contributed by atoms with Crippen LogP contribution >= 0.6 is 0 Å². The van der Waals surface area contributed by atoms with Gasteiger partial charge in [-0.1, -0.05) is 12.1 Å². The average molecular weight is 347 g/mol. The van der Waals surface area contributed by atoms with Crippen LogP contribution in [0, 0.1) is 0 Å². The molecule has 0 spiro atoms. The standard InChI is InChI=1S/C21H25N5/c1-3-26(4-2)17-13-11-16(12-14-17)23-21-24-19-8-6-5-7-18(19)20(25-21)22-15-9-10-15/h5-8,11-15H,3-4,9-10H2,1-2H3,(H2,22,23,24,25). The second-order valence-corrected chi connectivity index (χ2v) is 6.68. The molecule has 1 aliphatic carbocycles. The molecule has 2 N–H and O–H groups in total. The number of hydrogen-bond donors (Lipinski definition) is 2. The number of aromatic nitrogens is 2. The second-order valence-electron chi connectivity index (χ2n) is 6.68. The first-order valence-electron chi connectivity index (χ1n) is 9.42. The monoisotopic (exact) mass is 347 g/mol. The number of fused-ring (bicyclic) bond motifs is 1. The molecule has 0 radical (unpaired) electrons. The van der Waals surface area contributed by atoms with Crippen molar-refractivity contribution in [3.05, 3.63) is 48.5 Å². The topological polar surface area (TPSA) is 53.1 Å². The Morgan fingerprint density at radius 3 is 2.38 bits per heavy atom. The fourth-order valence-electron chi connectivity index (χ4n) is 3.14. The molecule has 1 heterocycles. The number of hydrogen-bond acceptors (Lipinski definition) is 5. The fraction of sp³-hybridized carbons (Fsp3) is 0.333. The van der Waals surface area contributed by atoms with Gasteiger partial charge in [-0.3, -0.25) is 0 Å². The summed E-state index contributed by atoms with van der Waals surface area (Å²) in [6.07, 6.45) is 2.43. The Labute approximate surface area is 154 Å². The number of benzene rings is 2. The second kappa shape index (κ2) is 7.20. The van der Waals surface area contributed by atoms with Crippen LogP contribution in [0.3, 0.4) is 0 Å². The summed E-state index contributed by atoms with van der Waals surface area (Å²) in [5, 5.41) is 7.95. The van der Waals surface area contributed by atoms with E-state index in [1.807, 2.05) is 18.2 Å². The molecular weight excluding hydrogens is 322 g/mol. The van der Waals surface area contributed by atoms with E-state index in [0.29, 0.717) is 12.0 Å². The van der Waals surface area contributed by atoms with Crippen molar-refractivity contribution in [1.29, 1.82) is 0 Å². The van der Waals surface area contributed by atoms with Crippen molar-refractivity contribution in [2.24, 2.45) is 0 Å². The molecule has 0 aliphatic heterocycles. The van der Waals surface area contributed by atoms with Crippen LogP contribution in [0.25, 0.3) is 10.9 Å². The van der Waals surface area contributed by atoms with E-state index < -0.39 is 0 Å². The summed E-state index contributed by atoms with van der Waals surface area (Å²) in [7, 11) is 0. The summed E-state index contributed by atoms with van der Waals surface area (Å²) in [5.74, 6) is 1.54. The molecule has 1 aromatic heterocycles. The van der Waals surface area contributed by atoms with Gasteiger partial charge >= 0.3 is 0 Å². The van der Waals surface area contributed by atoms with Crippen LogP contribution in [0.1, 0.15) is 26.7 Å². The molecule has 0 amide bonds. The zero-order valence-electron chi connectivity index (χ0n) is 15.4. The third-order valence-corrected chi connectivity index (χ3v) is 4.77. The van der Waals surface area contributed by atoms with E-state index in [0.717, 1.165) is 35.5 Å². The first-order chi connectivity index (χ1) is 12.8. The minimum absolute atomic E-state index is 0.550. The molecule has 0 saturated heterocycles. The van der Waals surface area contributed by atoms with Gasteiger partial charge < -0.3 is 15.5 Å². The first kappa shape index (κ1) is 16.6. The van der Waals surface area contributed by atoms with Crippen LogP contribution in [-0.4, -0.2) is 29.1 Å². The summed E-state index contributed by atoms with van der Waals surface area (Å²) < 4.78 is 0.